The number of anilines is 1. The summed E-state index contributed by atoms with van der Waals surface area (Å²) in [5, 5.41) is 6.27. The van der Waals surface area contributed by atoms with Crippen LogP contribution in [0.2, 0.25) is 0 Å². The zero-order valence-corrected chi connectivity index (χ0v) is 26.7. The van der Waals surface area contributed by atoms with E-state index in [1.54, 1.807) is 29.2 Å². The molecule has 7 rings (SSSR count). The van der Waals surface area contributed by atoms with E-state index in [4.69, 9.17) is 9.47 Å². The molecule has 0 radical (unpaired) electrons. The zero-order chi connectivity index (χ0) is 32.4. The van der Waals surface area contributed by atoms with Gasteiger partial charge in [0, 0.05) is 31.4 Å². The quantitative estimate of drug-likeness (QED) is 0.283. The van der Waals surface area contributed by atoms with Gasteiger partial charge in [-0.05, 0) is 61.9 Å². The van der Waals surface area contributed by atoms with Crippen LogP contribution in [0.1, 0.15) is 37.7 Å². The molecule has 0 aromatic heterocycles. The van der Waals surface area contributed by atoms with Crippen LogP contribution in [0, 0.1) is 11.8 Å². The van der Waals surface area contributed by atoms with Crippen molar-refractivity contribution in [2.75, 3.05) is 25.5 Å². The average molecular weight is 635 g/mol. The molecule has 4 aliphatic rings. The molecule has 1 spiro atoms. The average Bonchev–Trinajstić information content (AvgIpc) is 3.73. The zero-order valence-electron chi connectivity index (χ0n) is 26.7. The molecule has 3 fully saturated rings. The Balaban J connectivity index is 1.09. The molecule has 2 N–H and O–H groups in total. The molecule has 2 bridgehead atoms. The van der Waals surface area contributed by atoms with Crippen molar-refractivity contribution in [2.45, 2.75) is 62.4 Å². The van der Waals surface area contributed by atoms with Crippen LogP contribution < -0.4 is 15.4 Å². The Bertz CT molecular complexity index is 1610. The lowest BCUT2D eigenvalue weighted by atomic mass is 9.74. The molecule has 9 heteroatoms. The predicted octanol–water partition coefficient (Wildman–Crippen LogP) is 5.15. The number of rotatable bonds is 11. The second-order valence-electron chi connectivity index (χ2n) is 13.2. The molecule has 3 amide bonds. The van der Waals surface area contributed by atoms with Crippen LogP contribution in [0.3, 0.4) is 0 Å². The van der Waals surface area contributed by atoms with Gasteiger partial charge in [0.1, 0.15) is 23.1 Å². The maximum atomic E-state index is 14.4. The van der Waals surface area contributed by atoms with Gasteiger partial charge in [-0.15, -0.1) is 0 Å². The first kappa shape index (κ1) is 31.1. The Morgan fingerprint density at radius 3 is 2.32 bits per heavy atom. The van der Waals surface area contributed by atoms with E-state index in [1.807, 2.05) is 67.7 Å². The second-order valence-corrected chi connectivity index (χ2v) is 13.2. The molecule has 3 aliphatic heterocycles. The first-order chi connectivity index (χ1) is 22.9. The lowest BCUT2D eigenvalue weighted by Gasteiger charge is -2.34. The smallest absolute Gasteiger partial charge is 0.246 e. The summed E-state index contributed by atoms with van der Waals surface area (Å²) >= 11 is 0. The molecule has 1 saturated carbocycles. The summed E-state index contributed by atoms with van der Waals surface area (Å²) in [5.41, 5.74) is 0.576. The minimum absolute atomic E-state index is 0.0833. The monoisotopic (exact) mass is 634 g/mol. The Morgan fingerprint density at radius 2 is 1.60 bits per heavy atom. The Morgan fingerprint density at radius 1 is 0.915 bits per heavy atom. The summed E-state index contributed by atoms with van der Waals surface area (Å²) in [6.45, 7) is 1.63. The fraction of sp³-hybridized carbons (Fsp3) is 0.395. The van der Waals surface area contributed by atoms with Crippen molar-refractivity contribution in [3.63, 3.8) is 0 Å². The lowest BCUT2D eigenvalue weighted by molar-refractivity contribution is -0.141. The standard InChI is InChI=1S/C38H42N4O5/c1-41(25-26-11-5-2-6-12-26)23-24-42-34(36(44)40-27-13-7-3-8-14-27)38-22-21-31(47-38)32(33(38)37(42)45)35(43)39-28-17-19-30(20-18-28)46-29-15-9-4-10-16-29/h2,4-6,9-12,15-22,27,31-34H,3,7-8,13-14,23-25H2,1H3,(H,39,43)(H,40,44)/t31-,32-,33-,34+,38+/m1/s1. The van der Waals surface area contributed by atoms with Crippen LogP contribution in [0.5, 0.6) is 11.5 Å². The molecular formula is C38H42N4O5. The van der Waals surface area contributed by atoms with Gasteiger partial charge in [-0.1, -0.05) is 79.9 Å². The summed E-state index contributed by atoms with van der Waals surface area (Å²) in [6, 6.07) is 26.0. The van der Waals surface area contributed by atoms with Crippen molar-refractivity contribution in [3.8, 4) is 11.5 Å². The number of fused-ring (bicyclic) bond motifs is 1. The fourth-order valence-electron chi connectivity index (χ4n) is 7.74. The number of nitrogens with one attached hydrogen (secondary N) is 2. The number of para-hydroxylation sites is 1. The van der Waals surface area contributed by atoms with Crippen molar-refractivity contribution in [3.05, 3.63) is 103 Å². The number of hydrogen-bond acceptors (Lipinski definition) is 6. The maximum absolute atomic E-state index is 14.4. The molecule has 3 aromatic carbocycles. The van der Waals surface area contributed by atoms with Crippen molar-refractivity contribution in [2.24, 2.45) is 11.8 Å². The minimum atomic E-state index is -1.19. The Kier molecular flexibility index (Phi) is 8.84. The van der Waals surface area contributed by atoms with Gasteiger partial charge >= 0.3 is 0 Å². The van der Waals surface area contributed by atoms with E-state index in [2.05, 4.69) is 27.7 Å². The van der Waals surface area contributed by atoms with Crippen molar-refractivity contribution in [1.29, 1.82) is 0 Å². The predicted molar refractivity (Wildman–Crippen MR) is 179 cm³/mol. The molecule has 3 aromatic rings. The van der Waals surface area contributed by atoms with Crippen LogP contribution in [0.15, 0.2) is 97.1 Å². The summed E-state index contributed by atoms with van der Waals surface area (Å²) in [5.74, 6) is -0.891. The highest BCUT2D eigenvalue weighted by molar-refractivity contribution is 6.02. The molecule has 2 saturated heterocycles. The highest BCUT2D eigenvalue weighted by Gasteiger charge is 2.72. The summed E-state index contributed by atoms with van der Waals surface area (Å²) in [4.78, 5) is 46.2. The topological polar surface area (TPSA) is 100 Å². The van der Waals surface area contributed by atoms with Crippen LogP contribution >= 0.6 is 0 Å². The number of carbonyl (C=O) groups is 3. The van der Waals surface area contributed by atoms with E-state index in [-0.39, 0.29) is 23.8 Å². The minimum Gasteiger partial charge on any atom is -0.457 e. The number of hydrogen-bond donors (Lipinski definition) is 2. The first-order valence-corrected chi connectivity index (χ1v) is 16.8. The number of benzene rings is 3. The summed E-state index contributed by atoms with van der Waals surface area (Å²) in [6.07, 6.45) is 8.34. The molecule has 0 unspecified atom stereocenters. The molecule has 244 valence electrons. The van der Waals surface area contributed by atoms with Gasteiger partial charge in [0.15, 0.2) is 0 Å². The fourth-order valence-corrected chi connectivity index (χ4v) is 7.74. The van der Waals surface area contributed by atoms with Gasteiger partial charge < -0.3 is 29.9 Å². The van der Waals surface area contributed by atoms with Crippen LogP contribution in [0.25, 0.3) is 0 Å². The second kappa shape index (κ2) is 13.3. The third-order valence-electron chi connectivity index (χ3n) is 10.00. The number of likely N-dealkylation sites (tertiary alicyclic amines) is 1. The van der Waals surface area contributed by atoms with Crippen molar-refractivity contribution in [1.82, 2.24) is 15.1 Å². The van der Waals surface area contributed by atoms with E-state index >= 15 is 0 Å². The van der Waals surface area contributed by atoms with Gasteiger partial charge in [-0.25, -0.2) is 0 Å². The van der Waals surface area contributed by atoms with Crippen molar-refractivity contribution < 1.29 is 23.9 Å². The van der Waals surface area contributed by atoms with E-state index in [1.165, 1.54) is 12.0 Å². The lowest BCUT2D eigenvalue weighted by Crippen LogP contribution is -2.57. The highest BCUT2D eigenvalue weighted by atomic mass is 16.5. The summed E-state index contributed by atoms with van der Waals surface area (Å²) < 4.78 is 12.4. The maximum Gasteiger partial charge on any atom is 0.246 e. The van der Waals surface area contributed by atoms with E-state index < -0.39 is 29.6 Å². The number of carbonyl (C=O) groups excluding carboxylic acids is 3. The van der Waals surface area contributed by atoms with Crippen LogP contribution in [-0.4, -0.2) is 71.4 Å². The van der Waals surface area contributed by atoms with Gasteiger partial charge in [-0.2, -0.15) is 0 Å². The van der Waals surface area contributed by atoms with Gasteiger partial charge in [-0.3, -0.25) is 14.4 Å². The Hall–Kier alpha value is -4.47. The molecular weight excluding hydrogens is 592 g/mol. The molecule has 47 heavy (non-hydrogen) atoms. The van der Waals surface area contributed by atoms with Gasteiger partial charge in [0.05, 0.1) is 17.9 Å². The normalized spacial score (nSPS) is 26.4. The van der Waals surface area contributed by atoms with E-state index in [0.717, 1.165) is 38.0 Å². The SMILES string of the molecule is CN(CCN1C(=O)[C@H]2[C@H](C(=O)Nc3ccc(Oc4ccccc4)cc3)[C@H]3C=C[C@@]2(O3)[C@@H]1C(=O)NC1CCCCC1)Cc1ccccc1. The number of amides is 3. The number of likely N-dealkylation sites (N-methyl/N-ethyl adjacent to an activating group) is 1. The van der Waals surface area contributed by atoms with Crippen LogP contribution in [0.4, 0.5) is 5.69 Å². The van der Waals surface area contributed by atoms with E-state index in [0.29, 0.717) is 24.5 Å². The molecule has 1 aliphatic carbocycles. The largest absolute Gasteiger partial charge is 0.457 e. The molecule has 9 nitrogen and oxygen atoms in total. The number of nitrogens with zero attached hydrogens (tertiary/aromatic N) is 2. The van der Waals surface area contributed by atoms with Crippen molar-refractivity contribution >= 4 is 23.4 Å². The van der Waals surface area contributed by atoms with Gasteiger partial charge in [0.2, 0.25) is 17.7 Å². The Labute approximate surface area is 275 Å². The van der Waals surface area contributed by atoms with Gasteiger partial charge in [0.25, 0.3) is 0 Å². The van der Waals surface area contributed by atoms with E-state index in [9.17, 15) is 14.4 Å². The van der Waals surface area contributed by atoms with Crippen LogP contribution in [-0.2, 0) is 25.7 Å². The summed E-state index contributed by atoms with van der Waals surface area (Å²) in [7, 11) is 2.01. The third kappa shape index (κ3) is 6.30. The highest BCUT2D eigenvalue weighted by Crippen LogP contribution is 2.55. The number of ether oxygens (including phenoxy) is 2. The molecule has 5 atom stereocenters. The molecule has 3 heterocycles. The first-order valence-electron chi connectivity index (χ1n) is 16.8. The third-order valence-corrected chi connectivity index (χ3v) is 10.00.